The van der Waals surface area contributed by atoms with Crippen molar-refractivity contribution in [3.8, 4) is 11.8 Å². The van der Waals surface area contributed by atoms with Crippen LogP contribution in [0.2, 0.25) is 10.0 Å². The average molecular weight is 520 g/mol. The number of rotatable bonds is 6. The number of halogens is 4. The van der Waals surface area contributed by atoms with Gasteiger partial charge in [0.2, 0.25) is 0 Å². The maximum Gasteiger partial charge on any atom is 0.266 e. The molecule has 0 fully saturated rings. The third-order valence-corrected chi connectivity index (χ3v) is 5.58. The van der Waals surface area contributed by atoms with Gasteiger partial charge in [0, 0.05) is 0 Å². The van der Waals surface area contributed by atoms with E-state index in [0.29, 0.717) is 26.5 Å². The predicted molar refractivity (Wildman–Crippen MR) is 124 cm³/mol. The largest absolute Gasteiger partial charge is 0.488 e. The predicted octanol–water partition coefficient (Wildman–Crippen LogP) is 7.02. The van der Waals surface area contributed by atoms with E-state index in [9.17, 15) is 14.4 Å². The molecular weight excluding hydrogens is 506 g/mol. The molecule has 0 bridgehead atoms. The molecular formula is C23H14BrCl2FN2O2. The van der Waals surface area contributed by atoms with E-state index in [1.54, 1.807) is 48.5 Å². The van der Waals surface area contributed by atoms with Gasteiger partial charge < -0.3 is 10.1 Å². The summed E-state index contributed by atoms with van der Waals surface area (Å²) in [5, 5.41) is 12.5. The average Bonchev–Trinajstić information content (AvgIpc) is 2.75. The van der Waals surface area contributed by atoms with Gasteiger partial charge in [-0.1, -0.05) is 47.5 Å². The quantitative estimate of drug-likeness (QED) is 0.281. The van der Waals surface area contributed by atoms with Crippen molar-refractivity contribution in [1.82, 2.24) is 0 Å². The van der Waals surface area contributed by atoms with Crippen LogP contribution in [-0.2, 0) is 11.4 Å². The Bertz CT molecular complexity index is 1190. The molecule has 1 N–H and O–H groups in total. The van der Waals surface area contributed by atoms with Crippen molar-refractivity contribution in [2.45, 2.75) is 6.61 Å². The van der Waals surface area contributed by atoms with Crippen molar-refractivity contribution < 1.29 is 13.9 Å². The van der Waals surface area contributed by atoms with Gasteiger partial charge in [-0.2, -0.15) is 5.26 Å². The number of benzene rings is 3. The molecule has 156 valence electrons. The summed E-state index contributed by atoms with van der Waals surface area (Å²) in [6.45, 7) is 0.264. The SMILES string of the molecule is N#C/C(=C/c1ccc(OCc2ccc(F)cc2)c(Br)c1)C(=O)Nc1cccc(Cl)c1Cl. The Morgan fingerprint density at radius 1 is 1.16 bits per heavy atom. The van der Waals surface area contributed by atoms with Gasteiger partial charge in [0.15, 0.2) is 0 Å². The fraction of sp³-hybridized carbons (Fsp3) is 0.0435. The van der Waals surface area contributed by atoms with Crippen LogP contribution in [-0.4, -0.2) is 5.91 Å². The first-order chi connectivity index (χ1) is 14.9. The fourth-order valence-corrected chi connectivity index (χ4v) is 3.43. The number of carbonyl (C=O) groups is 1. The molecule has 4 nitrogen and oxygen atoms in total. The highest BCUT2D eigenvalue weighted by Gasteiger charge is 2.13. The zero-order valence-electron chi connectivity index (χ0n) is 15.8. The van der Waals surface area contributed by atoms with Crippen molar-refractivity contribution in [2.24, 2.45) is 0 Å². The Morgan fingerprint density at radius 2 is 1.90 bits per heavy atom. The van der Waals surface area contributed by atoms with E-state index < -0.39 is 5.91 Å². The number of nitriles is 1. The van der Waals surface area contributed by atoms with Crippen LogP contribution in [0.3, 0.4) is 0 Å². The molecule has 0 atom stereocenters. The number of anilines is 1. The van der Waals surface area contributed by atoms with Gasteiger partial charge in [-0.3, -0.25) is 4.79 Å². The zero-order chi connectivity index (χ0) is 22.4. The van der Waals surface area contributed by atoms with E-state index in [2.05, 4.69) is 21.2 Å². The van der Waals surface area contributed by atoms with E-state index in [1.165, 1.54) is 18.2 Å². The molecule has 3 aromatic carbocycles. The van der Waals surface area contributed by atoms with Gasteiger partial charge in [-0.25, -0.2) is 4.39 Å². The molecule has 0 saturated heterocycles. The molecule has 0 aromatic heterocycles. The smallest absolute Gasteiger partial charge is 0.266 e. The second-order valence-corrected chi connectivity index (χ2v) is 7.97. The monoisotopic (exact) mass is 518 g/mol. The lowest BCUT2D eigenvalue weighted by Gasteiger charge is -2.10. The maximum absolute atomic E-state index is 13.0. The second-order valence-electron chi connectivity index (χ2n) is 6.33. The summed E-state index contributed by atoms with van der Waals surface area (Å²) in [4.78, 5) is 12.5. The Kier molecular flexibility index (Phi) is 7.69. The molecule has 1 amide bonds. The van der Waals surface area contributed by atoms with Gasteiger partial charge in [-0.15, -0.1) is 0 Å². The van der Waals surface area contributed by atoms with Crippen molar-refractivity contribution in [3.05, 3.63) is 97.7 Å². The van der Waals surface area contributed by atoms with E-state index >= 15 is 0 Å². The minimum absolute atomic E-state index is 0.108. The van der Waals surface area contributed by atoms with Crippen LogP contribution in [0.25, 0.3) is 6.08 Å². The number of carbonyl (C=O) groups excluding carboxylic acids is 1. The molecule has 0 aliphatic carbocycles. The molecule has 0 unspecified atom stereocenters. The van der Waals surface area contributed by atoms with Gasteiger partial charge in [0.25, 0.3) is 5.91 Å². The number of nitrogens with zero attached hydrogens (tertiary/aromatic N) is 1. The van der Waals surface area contributed by atoms with E-state index in [1.807, 2.05) is 6.07 Å². The lowest BCUT2D eigenvalue weighted by molar-refractivity contribution is -0.112. The molecule has 0 aliphatic heterocycles. The summed E-state index contributed by atoms with van der Waals surface area (Å²) >= 11 is 15.4. The van der Waals surface area contributed by atoms with Crippen LogP contribution < -0.4 is 10.1 Å². The van der Waals surface area contributed by atoms with E-state index in [-0.39, 0.29) is 23.0 Å². The van der Waals surface area contributed by atoms with Crippen LogP contribution in [0.4, 0.5) is 10.1 Å². The molecule has 0 radical (unpaired) electrons. The Hall–Kier alpha value is -2.85. The molecule has 3 rings (SSSR count). The van der Waals surface area contributed by atoms with Crippen LogP contribution >= 0.6 is 39.1 Å². The first kappa shape index (κ1) is 22.8. The molecule has 8 heteroatoms. The third-order valence-electron chi connectivity index (χ3n) is 4.14. The highest BCUT2D eigenvalue weighted by molar-refractivity contribution is 9.10. The minimum Gasteiger partial charge on any atom is -0.488 e. The normalized spacial score (nSPS) is 11.0. The van der Waals surface area contributed by atoms with Crippen LogP contribution in [0.15, 0.2) is 70.7 Å². The summed E-state index contributed by atoms with van der Waals surface area (Å²) in [6, 6.07) is 17.9. The van der Waals surface area contributed by atoms with Crippen molar-refractivity contribution in [2.75, 3.05) is 5.32 Å². The highest BCUT2D eigenvalue weighted by Crippen LogP contribution is 2.30. The molecule has 0 aliphatic rings. The van der Waals surface area contributed by atoms with Crippen molar-refractivity contribution in [3.63, 3.8) is 0 Å². The fourth-order valence-electron chi connectivity index (χ4n) is 2.57. The minimum atomic E-state index is -0.612. The highest BCUT2D eigenvalue weighted by atomic mass is 79.9. The van der Waals surface area contributed by atoms with E-state index in [4.69, 9.17) is 27.9 Å². The second kappa shape index (κ2) is 10.5. The molecule has 0 spiro atoms. The Labute approximate surface area is 197 Å². The van der Waals surface area contributed by atoms with Crippen LogP contribution in [0.5, 0.6) is 5.75 Å². The van der Waals surface area contributed by atoms with E-state index in [0.717, 1.165) is 5.56 Å². The maximum atomic E-state index is 13.0. The van der Waals surface area contributed by atoms with Gasteiger partial charge >= 0.3 is 0 Å². The number of nitrogens with one attached hydrogen (secondary N) is 1. The molecule has 3 aromatic rings. The molecule has 0 saturated carbocycles. The summed E-state index contributed by atoms with van der Waals surface area (Å²) in [5.41, 5.74) is 1.64. The molecule has 31 heavy (non-hydrogen) atoms. The summed E-state index contributed by atoms with van der Waals surface area (Å²) in [6.07, 6.45) is 1.45. The third kappa shape index (κ3) is 6.08. The lowest BCUT2D eigenvalue weighted by Crippen LogP contribution is -2.13. The van der Waals surface area contributed by atoms with Crippen LogP contribution in [0, 0.1) is 17.1 Å². The standard InChI is InChI=1S/C23H14BrCl2FN2O2/c24-18-11-15(6-9-21(18)31-13-14-4-7-17(27)8-5-14)10-16(12-28)23(30)29-20-3-1-2-19(25)22(20)26/h1-11H,13H2,(H,29,30)/b16-10-. The van der Waals surface area contributed by atoms with Crippen molar-refractivity contribution in [1.29, 1.82) is 5.26 Å². The van der Waals surface area contributed by atoms with Crippen LogP contribution in [0.1, 0.15) is 11.1 Å². The Morgan fingerprint density at radius 3 is 2.58 bits per heavy atom. The number of hydrogen-bond donors (Lipinski definition) is 1. The number of hydrogen-bond acceptors (Lipinski definition) is 3. The number of ether oxygens (including phenoxy) is 1. The summed E-state index contributed by atoms with van der Waals surface area (Å²) in [7, 11) is 0. The first-order valence-corrected chi connectivity index (χ1v) is 10.5. The lowest BCUT2D eigenvalue weighted by atomic mass is 10.1. The van der Waals surface area contributed by atoms with Gasteiger partial charge in [0.1, 0.15) is 29.8 Å². The topological polar surface area (TPSA) is 62.1 Å². The summed E-state index contributed by atoms with van der Waals surface area (Å²) in [5.74, 6) is -0.356. The number of amides is 1. The van der Waals surface area contributed by atoms with Gasteiger partial charge in [0.05, 0.1) is 20.2 Å². The summed E-state index contributed by atoms with van der Waals surface area (Å²) < 4.78 is 19.4. The first-order valence-electron chi connectivity index (χ1n) is 8.91. The van der Waals surface area contributed by atoms with Crippen molar-refractivity contribution >= 4 is 56.8 Å². The molecule has 0 heterocycles. The van der Waals surface area contributed by atoms with Gasteiger partial charge in [-0.05, 0) is 69.5 Å². The zero-order valence-corrected chi connectivity index (χ0v) is 18.9. The Balaban J connectivity index is 1.72.